The molecule has 1 aliphatic heterocycles. The van der Waals surface area contributed by atoms with Gasteiger partial charge in [0.1, 0.15) is 6.04 Å². The van der Waals surface area contributed by atoms with Crippen molar-refractivity contribution < 1.29 is 19.1 Å². The first-order chi connectivity index (χ1) is 16.5. The number of fused-ring (bicyclic) bond motifs is 1. The Morgan fingerprint density at radius 2 is 1.71 bits per heavy atom. The van der Waals surface area contributed by atoms with Crippen LogP contribution in [0.2, 0.25) is 0 Å². The van der Waals surface area contributed by atoms with Crippen LogP contribution in [-0.2, 0) is 39.1 Å². The van der Waals surface area contributed by atoms with Crippen molar-refractivity contribution in [1.82, 2.24) is 14.5 Å². The van der Waals surface area contributed by atoms with Crippen molar-refractivity contribution in [3.63, 3.8) is 0 Å². The van der Waals surface area contributed by atoms with Gasteiger partial charge < -0.3 is 9.47 Å². The first kappa shape index (κ1) is 22.6. The standard InChI is InChI=1S/C26H29N3O5/c1-28-23-13-17(7-8-21(23)29(26(28)32)22-9-10-24(30)27-25(22)31)11-12-33-19-14-20(15-19)34-16-18-5-3-2-4-6-18/h2-8,13,19-20,22H,9-12,14-16H2,1H3,(H,27,30,31). The molecule has 2 amide bonds. The predicted octanol–water partition coefficient (Wildman–Crippen LogP) is 2.62. The van der Waals surface area contributed by atoms with E-state index in [0.29, 0.717) is 25.2 Å². The molecule has 5 rings (SSSR count). The Morgan fingerprint density at radius 1 is 0.941 bits per heavy atom. The van der Waals surface area contributed by atoms with Gasteiger partial charge in [0.05, 0.1) is 36.5 Å². The number of aromatic nitrogens is 2. The van der Waals surface area contributed by atoms with Gasteiger partial charge in [-0.3, -0.25) is 24.0 Å². The highest BCUT2D eigenvalue weighted by Crippen LogP contribution is 2.28. The summed E-state index contributed by atoms with van der Waals surface area (Å²) in [6.45, 7) is 1.23. The van der Waals surface area contributed by atoms with Gasteiger partial charge in [0.2, 0.25) is 11.8 Å². The molecule has 2 fully saturated rings. The maximum atomic E-state index is 12.9. The number of benzene rings is 2. The van der Waals surface area contributed by atoms with Crippen molar-refractivity contribution in [3.8, 4) is 0 Å². The van der Waals surface area contributed by atoms with Crippen LogP contribution in [-0.4, -0.2) is 39.8 Å². The highest BCUT2D eigenvalue weighted by molar-refractivity contribution is 6.00. The molecule has 1 unspecified atom stereocenters. The highest BCUT2D eigenvalue weighted by atomic mass is 16.5. The second kappa shape index (κ2) is 9.56. The van der Waals surface area contributed by atoms with E-state index in [-0.39, 0.29) is 30.2 Å². The van der Waals surface area contributed by atoms with Crippen LogP contribution in [0.25, 0.3) is 11.0 Å². The van der Waals surface area contributed by atoms with Gasteiger partial charge in [0.15, 0.2) is 0 Å². The largest absolute Gasteiger partial charge is 0.378 e. The summed E-state index contributed by atoms with van der Waals surface area (Å²) in [5.74, 6) is -0.716. The van der Waals surface area contributed by atoms with E-state index in [1.165, 1.54) is 10.1 Å². The molecule has 0 radical (unpaired) electrons. The molecule has 8 nitrogen and oxygen atoms in total. The van der Waals surface area contributed by atoms with Crippen LogP contribution in [0, 0.1) is 0 Å². The Morgan fingerprint density at radius 3 is 2.47 bits per heavy atom. The Kier molecular flexibility index (Phi) is 6.34. The number of piperidine rings is 1. The van der Waals surface area contributed by atoms with Gasteiger partial charge >= 0.3 is 5.69 Å². The molecule has 34 heavy (non-hydrogen) atoms. The topological polar surface area (TPSA) is 91.6 Å². The molecule has 3 aromatic rings. The van der Waals surface area contributed by atoms with Crippen LogP contribution >= 0.6 is 0 Å². The molecule has 0 bridgehead atoms. The maximum Gasteiger partial charge on any atom is 0.329 e. The molecule has 1 atom stereocenters. The van der Waals surface area contributed by atoms with E-state index in [0.717, 1.165) is 30.3 Å². The molecular formula is C26H29N3O5. The number of carbonyl (C=O) groups excluding carboxylic acids is 2. The lowest BCUT2D eigenvalue weighted by molar-refractivity contribution is -0.135. The van der Waals surface area contributed by atoms with Crippen molar-refractivity contribution in [2.75, 3.05) is 6.61 Å². The van der Waals surface area contributed by atoms with E-state index < -0.39 is 11.9 Å². The molecule has 1 N–H and O–H groups in total. The number of imidazole rings is 1. The number of rotatable bonds is 8. The number of carbonyl (C=O) groups is 2. The quantitative estimate of drug-likeness (QED) is 0.519. The fourth-order valence-electron chi connectivity index (χ4n) is 4.72. The van der Waals surface area contributed by atoms with Gasteiger partial charge in [-0.2, -0.15) is 0 Å². The SMILES string of the molecule is Cn1c(=O)n(C2CCC(=O)NC2=O)c2ccc(CCOC3CC(OCc4ccccc4)C3)cc21. The Labute approximate surface area is 197 Å². The molecule has 2 aliphatic rings. The summed E-state index contributed by atoms with van der Waals surface area (Å²) in [7, 11) is 1.71. The fourth-order valence-corrected chi connectivity index (χ4v) is 4.72. The third-order valence-electron chi connectivity index (χ3n) is 6.80. The summed E-state index contributed by atoms with van der Waals surface area (Å²) in [6, 6.07) is 15.3. The van der Waals surface area contributed by atoms with E-state index in [2.05, 4.69) is 17.4 Å². The lowest BCUT2D eigenvalue weighted by Gasteiger charge is -2.35. The van der Waals surface area contributed by atoms with Gasteiger partial charge in [0.25, 0.3) is 0 Å². The average Bonchev–Trinajstić information content (AvgIpc) is 3.05. The van der Waals surface area contributed by atoms with Crippen LogP contribution in [0.3, 0.4) is 0 Å². The smallest absolute Gasteiger partial charge is 0.329 e. The van der Waals surface area contributed by atoms with Crippen molar-refractivity contribution >= 4 is 22.8 Å². The summed E-state index contributed by atoms with van der Waals surface area (Å²) < 4.78 is 15.0. The molecule has 2 aromatic carbocycles. The van der Waals surface area contributed by atoms with Gasteiger partial charge in [-0.1, -0.05) is 36.4 Å². The summed E-state index contributed by atoms with van der Waals surface area (Å²) in [5.41, 5.74) is 3.46. The van der Waals surface area contributed by atoms with Crippen LogP contribution < -0.4 is 11.0 Å². The third-order valence-corrected chi connectivity index (χ3v) is 6.80. The third kappa shape index (κ3) is 4.56. The molecule has 8 heteroatoms. The van der Waals surface area contributed by atoms with E-state index >= 15 is 0 Å². The molecular weight excluding hydrogens is 434 g/mol. The van der Waals surface area contributed by atoms with Crippen molar-refractivity contribution in [2.24, 2.45) is 7.05 Å². The van der Waals surface area contributed by atoms with Crippen LogP contribution in [0.5, 0.6) is 0 Å². The maximum absolute atomic E-state index is 12.9. The zero-order chi connectivity index (χ0) is 23.7. The number of amides is 2. The van der Waals surface area contributed by atoms with Gasteiger partial charge in [-0.05, 0) is 48.9 Å². The summed E-state index contributed by atoms with van der Waals surface area (Å²) >= 11 is 0. The van der Waals surface area contributed by atoms with E-state index in [9.17, 15) is 14.4 Å². The number of imide groups is 1. The lowest BCUT2D eigenvalue weighted by Crippen LogP contribution is -2.44. The molecule has 178 valence electrons. The van der Waals surface area contributed by atoms with Gasteiger partial charge in [-0.25, -0.2) is 4.79 Å². The van der Waals surface area contributed by atoms with Crippen molar-refractivity contribution in [1.29, 1.82) is 0 Å². The van der Waals surface area contributed by atoms with E-state index in [1.54, 1.807) is 11.6 Å². The van der Waals surface area contributed by atoms with E-state index in [1.807, 2.05) is 36.4 Å². The number of nitrogens with zero attached hydrogens (tertiary/aromatic N) is 2. The van der Waals surface area contributed by atoms with Gasteiger partial charge in [0, 0.05) is 13.5 Å². The summed E-state index contributed by atoms with van der Waals surface area (Å²) in [6.07, 6.45) is 3.60. The Bertz CT molecular complexity index is 1260. The van der Waals surface area contributed by atoms with E-state index in [4.69, 9.17) is 9.47 Å². The fraction of sp³-hybridized carbons (Fsp3) is 0.423. The molecule has 2 heterocycles. The predicted molar refractivity (Wildman–Crippen MR) is 126 cm³/mol. The number of nitrogens with one attached hydrogen (secondary N) is 1. The highest BCUT2D eigenvalue weighted by Gasteiger charge is 2.32. The zero-order valence-electron chi connectivity index (χ0n) is 19.2. The molecule has 1 aliphatic carbocycles. The van der Waals surface area contributed by atoms with Crippen molar-refractivity contribution in [3.05, 3.63) is 70.1 Å². The molecule has 1 saturated heterocycles. The molecule has 1 saturated carbocycles. The number of aryl methyl sites for hydroxylation is 1. The van der Waals surface area contributed by atoms with Crippen LogP contribution in [0.1, 0.15) is 42.9 Å². The lowest BCUT2D eigenvalue weighted by atomic mass is 9.92. The van der Waals surface area contributed by atoms with Crippen molar-refractivity contribution in [2.45, 2.75) is 57.0 Å². The minimum absolute atomic E-state index is 0.225. The molecule has 1 aromatic heterocycles. The van der Waals surface area contributed by atoms with Crippen LogP contribution in [0.15, 0.2) is 53.3 Å². The second-order valence-corrected chi connectivity index (χ2v) is 9.13. The normalized spacial score (nSPS) is 22.6. The summed E-state index contributed by atoms with van der Waals surface area (Å²) in [4.78, 5) is 36.7. The second-order valence-electron chi connectivity index (χ2n) is 9.13. The average molecular weight is 464 g/mol. The minimum atomic E-state index is -0.668. The Balaban J connectivity index is 1.15. The molecule has 0 spiro atoms. The number of ether oxygens (including phenoxy) is 2. The Hall–Kier alpha value is -3.23. The zero-order valence-corrected chi connectivity index (χ0v) is 19.2. The number of hydrogen-bond acceptors (Lipinski definition) is 5. The first-order valence-corrected chi connectivity index (χ1v) is 11.8. The minimum Gasteiger partial charge on any atom is -0.378 e. The monoisotopic (exact) mass is 463 g/mol. The summed E-state index contributed by atoms with van der Waals surface area (Å²) in [5, 5.41) is 2.34. The van der Waals surface area contributed by atoms with Crippen LogP contribution in [0.4, 0.5) is 0 Å². The van der Waals surface area contributed by atoms with Gasteiger partial charge in [-0.15, -0.1) is 0 Å². The first-order valence-electron chi connectivity index (χ1n) is 11.8. The number of hydrogen-bond donors (Lipinski definition) is 1.